The molecule has 0 amide bonds. The average Bonchev–Trinajstić information content (AvgIpc) is 3.03. The first-order valence-electron chi connectivity index (χ1n) is 15.5. The summed E-state index contributed by atoms with van der Waals surface area (Å²) < 4.78 is 34.8. The fourth-order valence-corrected chi connectivity index (χ4v) is 5.72. The van der Waals surface area contributed by atoms with Crippen molar-refractivity contribution in [3.8, 4) is 34.3 Å². The normalized spacial score (nSPS) is 31.1. The van der Waals surface area contributed by atoms with Gasteiger partial charge in [-0.15, -0.1) is 0 Å². The lowest BCUT2D eigenvalue weighted by Crippen LogP contribution is -2.63. The number of ether oxygens (including phenoxy) is 5. The maximum atomic E-state index is 14.3. The number of aromatic hydroxyl groups is 2. The number of methoxy groups -OCH3 is 1. The topological polar surface area (TPSA) is 238 Å². The molecule has 0 saturated carbocycles. The molecular weight excluding hydrogens is 636 g/mol. The van der Waals surface area contributed by atoms with Crippen molar-refractivity contribution in [1.82, 2.24) is 0 Å². The van der Waals surface area contributed by atoms with Gasteiger partial charge in [-0.05, 0) is 64.8 Å². The highest BCUT2D eigenvalue weighted by molar-refractivity contribution is 5.91. The van der Waals surface area contributed by atoms with Crippen LogP contribution in [0.1, 0.15) is 39.7 Å². The lowest BCUT2D eigenvalue weighted by Gasteiger charge is -2.45. The predicted octanol–water partition coefficient (Wildman–Crippen LogP) is 0.641. The molecular formula is C33H42O15. The van der Waals surface area contributed by atoms with Gasteiger partial charge in [0, 0.05) is 17.2 Å². The second-order valence-corrected chi connectivity index (χ2v) is 12.8. The molecule has 2 aliphatic rings. The quantitative estimate of drug-likeness (QED) is 0.155. The first-order valence-corrected chi connectivity index (χ1v) is 15.5. The molecule has 0 bridgehead atoms. The highest BCUT2D eigenvalue weighted by Crippen LogP contribution is 2.41. The molecule has 2 aliphatic heterocycles. The van der Waals surface area contributed by atoms with E-state index in [1.54, 1.807) is 38.1 Å². The third kappa shape index (κ3) is 6.96. The summed E-state index contributed by atoms with van der Waals surface area (Å²) >= 11 is 0. The molecule has 2 aromatic carbocycles. The third-order valence-corrected chi connectivity index (χ3v) is 8.64. The number of aryl methyl sites for hydroxylation is 1. The van der Waals surface area contributed by atoms with Crippen LogP contribution in [-0.2, 0) is 20.6 Å². The number of phenols is 2. The zero-order valence-electron chi connectivity index (χ0n) is 27.0. The van der Waals surface area contributed by atoms with Crippen molar-refractivity contribution in [2.24, 2.45) is 0 Å². The summed E-state index contributed by atoms with van der Waals surface area (Å²) in [6.45, 7) is 6.02. The second kappa shape index (κ2) is 13.8. The monoisotopic (exact) mass is 678 g/mol. The van der Waals surface area contributed by atoms with Crippen LogP contribution in [0.5, 0.6) is 23.0 Å². The van der Waals surface area contributed by atoms with Gasteiger partial charge in [0.05, 0.1) is 24.9 Å². The molecule has 0 unspecified atom stereocenters. The van der Waals surface area contributed by atoms with Crippen LogP contribution in [0.25, 0.3) is 22.3 Å². The summed E-state index contributed by atoms with van der Waals surface area (Å²) in [5.74, 6) is -1.21. The van der Waals surface area contributed by atoms with Crippen molar-refractivity contribution in [3.05, 3.63) is 46.1 Å². The minimum Gasteiger partial charge on any atom is -0.507 e. The molecule has 0 spiro atoms. The molecule has 5 rings (SSSR count). The highest BCUT2D eigenvalue weighted by Gasteiger charge is 2.50. The summed E-state index contributed by atoms with van der Waals surface area (Å²) in [4.78, 5) is 14.3. The van der Waals surface area contributed by atoms with Crippen molar-refractivity contribution in [3.63, 3.8) is 0 Å². The number of aliphatic hydroxyl groups is 6. The van der Waals surface area contributed by atoms with Gasteiger partial charge in [-0.25, -0.2) is 0 Å². The molecule has 15 nitrogen and oxygen atoms in total. The fourth-order valence-electron chi connectivity index (χ4n) is 5.72. The molecule has 10 atom stereocenters. The Balaban J connectivity index is 1.65. The van der Waals surface area contributed by atoms with Crippen LogP contribution in [0.4, 0.5) is 0 Å². The summed E-state index contributed by atoms with van der Waals surface area (Å²) in [5.41, 5.74) is -1.78. The largest absolute Gasteiger partial charge is 0.507 e. The average molecular weight is 679 g/mol. The summed E-state index contributed by atoms with van der Waals surface area (Å²) in [7, 11) is 1.47. The maximum Gasteiger partial charge on any atom is 0.239 e. The van der Waals surface area contributed by atoms with Crippen LogP contribution in [0.15, 0.2) is 39.5 Å². The summed E-state index contributed by atoms with van der Waals surface area (Å²) in [6, 6.07) is 7.28. The smallest absolute Gasteiger partial charge is 0.239 e. The Labute approximate surface area is 275 Å². The minimum absolute atomic E-state index is 0.0588. The van der Waals surface area contributed by atoms with Crippen molar-refractivity contribution in [1.29, 1.82) is 0 Å². The van der Waals surface area contributed by atoms with Gasteiger partial charge in [0.1, 0.15) is 58.7 Å². The van der Waals surface area contributed by atoms with Crippen molar-refractivity contribution in [2.45, 2.75) is 108 Å². The molecule has 3 heterocycles. The lowest BCUT2D eigenvalue weighted by molar-refractivity contribution is -0.352. The Hall–Kier alpha value is -3.51. The minimum atomic E-state index is -1.78. The third-order valence-electron chi connectivity index (χ3n) is 8.64. The lowest BCUT2D eigenvalue weighted by atomic mass is 9.96. The van der Waals surface area contributed by atoms with Crippen LogP contribution < -0.4 is 14.9 Å². The van der Waals surface area contributed by atoms with E-state index in [2.05, 4.69) is 0 Å². The Morgan fingerprint density at radius 1 is 0.833 bits per heavy atom. The zero-order valence-corrected chi connectivity index (χ0v) is 27.0. The number of phenolic OH excluding ortho intramolecular Hbond substituents is 2. The van der Waals surface area contributed by atoms with Crippen molar-refractivity contribution < 1.29 is 69.0 Å². The first kappa shape index (κ1) is 35.8. The van der Waals surface area contributed by atoms with Gasteiger partial charge in [0.15, 0.2) is 18.2 Å². The molecule has 2 saturated heterocycles. The van der Waals surface area contributed by atoms with Crippen LogP contribution >= 0.6 is 0 Å². The number of hydrogen-bond acceptors (Lipinski definition) is 15. The Morgan fingerprint density at radius 3 is 2.04 bits per heavy atom. The van der Waals surface area contributed by atoms with Gasteiger partial charge in [-0.1, -0.05) is 0 Å². The van der Waals surface area contributed by atoms with E-state index in [1.165, 1.54) is 21.0 Å². The maximum absolute atomic E-state index is 14.3. The van der Waals surface area contributed by atoms with Crippen LogP contribution in [0.2, 0.25) is 0 Å². The number of hydrogen-bond donors (Lipinski definition) is 8. The number of rotatable bonds is 9. The molecule has 1 aromatic heterocycles. The molecule has 8 N–H and O–H groups in total. The van der Waals surface area contributed by atoms with Gasteiger partial charge in [-0.3, -0.25) is 4.79 Å². The molecule has 2 fully saturated rings. The van der Waals surface area contributed by atoms with E-state index in [4.69, 9.17) is 28.1 Å². The number of fused-ring (bicyclic) bond motifs is 1. The predicted molar refractivity (Wildman–Crippen MR) is 167 cm³/mol. The van der Waals surface area contributed by atoms with Crippen molar-refractivity contribution >= 4 is 11.0 Å². The standard InChI is InChI=1S/C33H42O15/c1-13-21(36)24(39)26(41)31(44-13)48-30-25(40)22(37)14(2)45-32(30)47-29-23(38)20-19(35)12-18(34)17(10-11-33(3,4)42)28(20)46-27(29)15-6-8-16(43-5)9-7-15/h6-9,12-14,21-22,24-26,30-32,34-37,39-42H,10-11H2,1-5H3/t13-,14-,21-,22-,24+,25+,26-,30-,31-,32-/m0/s1. The molecule has 0 radical (unpaired) electrons. The fraction of sp³-hybridized carbons (Fsp3) is 0.545. The highest BCUT2D eigenvalue weighted by atomic mass is 16.8. The van der Waals surface area contributed by atoms with Gasteiger partial charge < -0.3 is 69.0 Å². The van der Waals surface area contributed by atoms with E-state index in [0.29, 0.717) is 11.3 Å². The molecule has 3 aromatic rings. The van der Waals surface area contributed by atoms with Gasteiger partial charge in [0.2, 0.25) is 17.5 Å². The van der Waals surface area contributed by atoms with Gasteiger partial charge in [0.25, 0.3) is 0 Å². The summed E-state index contributed by atoms with van der Waals surface area (Å²) in [6.07, 6.45) is -15.0. The Kier molecular flexibility index (Phi) is 10.3. The van der Waals surface area contributed by atoms with Crippen LogP contribution in [0.3, 0.4) is 0 Å². The van der Waals surface area contributed by atoms with Crippen LogP contribution in [0, 0.1) is 0 Å². The van der Waals surface area contributed by atoms with Crippen molar-refractivity contribution in [2.75, 3.05) is 7.11 Å². The summed E-state index contributed by atoms with van der Waals surface area (Å²) in [5, 5.41) is 84.4. The first-order chi connectivity index (χ1) is 22.5. The van der Waals surface area contributed by atoms with E-state index >= 15 is 0 Å². The molecule has 0 aliphatic carbocycles. The van der Waals surface area contributed by atoms with Gasteiger partial charge >= 0.3 is 0 Å². The Bertz CT molecular complexity index is 1650. The SMILES string of the molecule is COc1ccc(-c2oc3c(CCC(C)(C)O)c(O)cc(O)c3c(=O)c2O[C@@H]2O[C@@H](C)[C@H](O)[C@@H](O)[C@@H]2O[C@@H]2O[C@@H](C)[C@H](O)[C@@H](O)[C@@H]2O)cc1. The van der Waals surface area contributed by atoms with E-state index in [0.717, 1.165) is 6.07 Å². The molecule has 48 heavy (non-hydrogen) atoms. The number of benzene rings is 2. The zero-order chi connectivity index (χ0) is 35.2. The van der Waals surface area contributed by atoms with Gasteiger partial charge in [-0.2, -0.15) is 0 Å². The molecule has 264 valence electrons. The second-order valence-electron chi connectivity index (χ2n) is 12.8. The van der Waals surface area contributed by atoms with E-state index in [9.17, 15) is 45.6 Å². The Morgan fingerprint density at radius 2 is 1.44 bits per heavy atom. The van der Waals surface area contributed by atoms with E-state index in [-0.39, 0.29) is 40.9 Å². The number of aliphatic hydroxyl groups excluding tert-OH is 5. The van der Waals surface area contributed by atoms with E-state index in [1.807, 2.05) is 0 Å². The molecule has 15 heteroatoms. The van der Waals surface area contributed by atoms with E-state index < -0.39 is 83.9 Å². The van der Waals surface area contributed by atoms with Crippen LogP contribution in [-0.4, -0.2) is 115 Å².